The number of aliphatic hydroxyl groups excluding tert-OH is 1. The molecule has 0 unspecified atom stereocenters. The van der Waals surface area contributed by atoms with Crippen LogP contribution in [-0.2, 0) is 6.54 Å². The fourth-order valence-electron chi connectivity index (χ4n) is 1.49. The number of rotatable bonds is 5. The summed E-state index contributed by atoms with van der Waals surface area (Å²) in [6, 6.07) is 1.57. The van der Waals surface area contributed by atoms with Crippen molar-refractivity contribution in [2.24, 2.45) is 5.73 Å². The summed E-state index contributed by atoms with van der Waals surface area (Å²) in [4.78, 5) is 4.80. The predicted octanol–water partition coefficient (Wildman–Crippen LogP) is 0.901. The lowest BCUT2D eigenvalue weighted by molar-refractivity contribution is -0.119. The highest BCUT2D eigenvalue weighted by Gasteiger charge is 2.31. The third-order valence-corrected chi connectivity index (χ3v) is 2.19. The van der Waals surface area contributed by atoms with Crippen LogP contribution in [0, 0.1) is 0 Å². The Morgan fingerprint density at radius 2 is 2.12 bits per heavy atom. The van der Waals surface area contributed by atoms with Crippen molar-refractivity contribution in [3.05, 3.63) is 24.0 Å². The number of hydrogen-bond acceptors (Lipinski definition) is 4. The Bertz CT molecular complexity index is 357. The standard InChI is InChI=1S/C10H14F3N3O/c11-10(12,13)7-16(3-4-17)9-6-15-2-1-8(9)5-14/h1-2,6,17H,3-5,7,14H2. The molecule has 1 aromatic rings. The second-order valence-corrected chi connectivity index (χ2v) is 3.47. The van der Waals surface area contributed by atoms with Gasteiger partial charge >= 0.3 is 6.18 Å². The van der Waals surface area contributed by atoms with Crippen molar-refractivity contribution in [1.29, 1.82) is 0 Å². The molecule has 0 atom stereocenters. The van der Waals surface area contributed by atoms with E-state index < -0.39 is 12.7 Å². The number of halogens is 3. The summed E-state index contributed by atoms with van der Waals surface area (Å²) < 4.78 is 37.1. The summed E-state index contributed by atoms with van der Waals surface area (Å²) in [6.07, 6.45) is -1.54. The Morgan fingerprint density at radius 1 is 1.41 bits per heavy atom. The lowest BCUT2D eigenvalue weighted by atomic mass is 10.2. The first-order chi connectivity index (χ1) is 7.98. The molecule has 17 heavy (non-hydrogen) atoms. The summed E-state index contributed by atoms with van der Waals surface area (Å²) in [5.74, 6) is 0. The molecule has 7 heteroatoms. The molecule has 0 saturated carbocycles. The maximum Gasteiger partial charge on any atom is 0.405 e. The van der Waals surface area contributed by atoms with Crippen LogP contribution in [0.5, 0.6) is 0 Å². The van der Waals surface area contributed by atoms with Crippen LogP contribution in [0.3, 0.4) is 0 Å². The number of hydrogen-bond donors (Lipinski definition) is 2. The van der Waals surface area contributed by atoms with E-state index in [0.717, 1.165) is 4.90 Å². The molecular weight excluding hydrogens is 235 g/mol. The molecule has 1 rings (SSSR count). The lowest BCUT2D eigenvalue weighted by Gasteiger charge is -2.26. The zero-order valence-corrected chi connectivity index (χ0v) is 9.11. The zero-order valence-electron chi connectivity index (χ0n) is 9.11. The van der Waals surface area contributed by atoms with Crippen LogP contribution in [0.15, 0.2) is 18.5 Å². The topological polar surface area (TPSA) is 62.4 Å². The molecule has 96 valence electrons. The molecule has 0 fully saturated rings. The zero-order chi connectivity index (χ0) is 12.9. The van der Waals surface area contributed by atoms with Crippen molar-refractivity contribution in [2.45, 2.75) is 12.7 Å². The SMILES string of the molecule is NCc1ccncc1N(CCO)CC(F)(F)F. The van der Waals surface area contributed by atoms with E-state index in [1.54, 1.807) is 6.07 Å². The number of alkyl halides is 3. The number of aliphatic hydroxyl groups is 1. The summed E-state index contributed by atoms with van der Waals surface area (Å²) in [7, 11) is 0. The van der Waals surface area contributed by atoms with Gasteiger partial charge in [0.2, 0.25) is 0 Å². The Morgan fingerprint density at radius 3 is 2.65 bits per heavy atom. The van der Waals surface area contributed by atoms with Gasteiger partial charge in [-0.3, -0.25) is 4.98 Å². The smallest absolute Gasteiger partial charge is 0.395 e. The molecule has 0 radical (unpaired) electrons. The predicted molar refractivity (Wildman–Crippen MR) is 57.5 cm³/mol. The van der Waals surface area contributed by atoms with E-state index in [-0.39, 0.29) is 19.7 Å². The van der Waals surface area contributed by atoms with Gasteiger partial charge in [0.05, 0.1) is 18.5 Å². The molecular formula is C10H14F3N3O. The minimum atomic E-state index is -4.34. The molecule has 1 heterocycles. The van der Waals surface area contributed by atoms with Gasteiger partial charge in [0.15, 0.2) is 0 Å². The van der Waals surface area contributed by atoms with Gasteiger partial charge in [-0.25, -0.2) is 0 Å². The first kappa shape index (κ1) is 13.7. The van der Waals surface area contributed by atoms with Gasteiger partial charge in [-0.2, -0.15) is 13.2 Å². The Labute approximate surface area is 96.9 Å². The quantitative estimate of drug-likeness (QED) is 0.814. The maximum absolute atomic E-state index is 12.4. The van der Waals surface area contributed by atoms with Gasteiger partial charge < -0.3 is 15.7 Å². The van der Waals surface area contributed by atoms with Gasteiger partial charge in [0.25, 0.3) is 0 Å². The first-order valence-electron chi connectivity index (χ1n) is 5.03. The van der Waals surface area contributed by atoms with E-state index >= 15 is 0 Å². The fourth-order valence-corrected chi connectivity index (χ4v) is 1.49. The molecule has 4 nitrogen and oxygen atoms in total. The van der Waals surface area contributed by atoms with Crippen LogP contribution in [0.2, 0.25) is 0 Å². The van der Waals surface area contributed by atoms with Crippen LogP contribution < -0.4 is 10.6 Å². The number of nitrogens with zero attached hydrogens (tertiary/aromatic N) is 2. The molecule has 0 spiro atoms. The van der Waals surface area contributed by atoms with E-state index in [1.165, 1.54) is 12.4 Å². The van der Waals surface area contributed by atoms with Crippen molar-refractivity contribution in [3.63, 3.8) is 0 Å². The van der Waals surface area contributed by atoms with Gasteiger partial charge in [-0.15, -0.1) is 0 Å². The van der Waals surface area contributed by atoms with Gasteiger partial charge in [-0.1, -0.05) is 0 Å². The normalized spacial score (nSPS) is 11.6. The molecule has 0 saturated heterocycles. The van der Waals surface area contributed by atoms with Crippen LogP contribution in [0.1, 0.15) is 5.56 Å². The number of pyridine rings is 1. The van der Waals surface area contributed by atoms with Gasteiger partial charge in [-0.05, 0) is 11.6 Å². The van der Waals surface area contributed by atoms with E-state index in [0.29, 0.717) is 11.3 Å². The molecule has 0 aromatic carbocycles. The second kappa shape index (κ2) is 5.83. The number of aromatic nitrogens is 1. The summed E-state index contributed by atoms with van der Waals surface area (Å²) in [5.41, 5.74) is 6.32. The van der Waals surface area contributed by atoms with Crippen molar-refractivity contribution in [2.75, 3.05) is 24.6 Å². The largest absolute Gasteiger partial charge is 0.405 e. The van der Waals surface area contributed by atoms with Gasteiger partial charge in [0, 0.05) is 19.3 Å². The fraction of sp³-hybridized carbons (Fsp3) is 0.500. The van der Waals surface area contributed by atoms with Crippen LogP contribution >= 0.6 is 0 Å². The van der Waals surface area contributed by atoms with Crippen LogP contribution in [0.25, 0.3) is 0 Å². The number of anilines is 1. The minimum Gasteiger partial charge on any atom is -0.395 e. The van der Waals surface area contributed by atoms with Crippen molar-refractivity contribution in [1.82, 2.24) is 4.98 Å². The van der Waals surface area contributed by atoms with Crippen molar-refractivity contribution >= 4 is 5.69 Å². The summed E-state index contributed by atoms with van der Waals surface area (Å²) in [6.45, 7) is -1.49. The van der Waals surface area contributed by atoms with E-state index in [9.17, 15) is 13.2 Å². The monoisotopic (exact) mass is 249 g/mol. The van der Waals surface area contributed by atoms with Gasteiger partial charge in [0.1, 0.15) is 6.54 Å². The molecule has 0 aliphatic rings. The first-order valence-corrected chi connectivity index (χ1v) is 5.03. The highest BCUT2D eigenvalue weighted by atomic mass is 19.4. The van der Waals surface area contributed by atoms with Crippen molar-refractivity contribution < 1.29 is 18.3 Å². The van der Waals surface area contributed by atoms with E-state index in [2.05, 4.69) is 4.98 Å². The third-order valence-electron chi connectivity index (χ3n) is 2.19. The Kier molecular flexibility index (Phi) is 4.71. The minimum absolute atomic E-state index is 0.113. The van der Waals surface area contributed by atoms with E-state index in [4.69, 9.17) is 10.8 Å². The summed E-state index contributed by atoms with van der Waals surface area (Å²) >= 11 is 0. The molecule has 1 aromatic heterocycles. The van der Waals surface area contributed by atoms with E-state index in [1.807, 2.05) is 0 Å². The number of nitrogens with two attached hydrogens (primary N) is 1. The molecule has 0 amide bonds. The highest BCUT2D eigenvalue weighted by molar-refractivity contribution is 5.51. The Balaban J connectivity index is 2.96. The summed E-state index contributed by atoms with van der Waals surface area (Å²) in [5, 5.41) is 8.80. The van der Waals surface area contributed by atoms with Crippen LogP contribution in [0.4, 0.5) is 18.9 Å². The molecule has 3 N–H and O–H groups in total. The Hall–Kier alpha value is -1.34. The average molecular weight is 249 g/mol. The molecule has 0 aliphatic carbocycles. The maximum atomic E-state index is 12.4. The molecule has 0 bridgehead atoms. The van der Waals surface area contributed by atoms with Crippen LogP contribution in [-0.4, -0.2) is 36.0 Å². The second-order valence-electron chi connectivity index (χ2n) is 3.47. The molecule has 0 aliphatic heterocycles. The average Bonchev–Trinajstić information content (AvgIpc) is 2.27. The third kappa shape index (κ3) is 4.20. The highest BCUT2D eigenvalue weighted by Crippen LogP contribution is 2.24. The lowest BCUT2D eigenvalue weighted by Crippen LogP contribution is -2.37. The van der Waals surface area contributed by atoms with Crippen molar-refractivity contribution in [3.8, 4) is 0 Å².